The van der Waals surface area contributed by atoms with Crippen LogP contribution < -0.4 is 4.74 Å². The van der Waals surface area contributed by atoms with Gasteiger partial charge >= 0.3 is 0 Å². The Bertz CT molecular complexity index is 687. The molecule has 4 nitrogen and oxygen atoms in total. The third-order valence-electron chi connectivity index (χ3n) is 2.98. The van der Waals surface area contributed by atoms with Crippen molar-refractivity contribution in [2.24, 2.45) is 0 Å². The monoisotopic (exact) mass is 267 g/mol. The Labute approximate surface area is 116 Å². The zero-order valence-electron chi connectivity index (χ0n) is 11.0. The van der Waals surface area contributed by atoms with Crippen LogP contribution in [0.1, 0.15) is 27.0 Å². The van der Waals surface area contributed by atoms with Gasteiger partial charge in [-0.05, 0) is 48.4 Å². The number of ether oxygens (including phenoxy) is 1. The lowest BCUT2D eigenvalue weighted by molar-refractivity contribution is 0.112. The molecule has 2 aromatic carbocycles. The molecule has 100 valence electrons. The molecular formula is C16H13NO3. The van der Waals surface area contributed by atoms with Crippen LogP contribution in [0.5, 0.6) is 11.5 Å². The fraction of sp³-hybridized carbons (Fsp3) is 0.125. The third kappa shape index (κ3) is 2.85. The van der Waals surface area contributed by atoms with Crippen molar-refractivity contribution in [3.63, 3.8) is 0 Å². The molecule has 0 atom stereocenters. The number of carbonyl (C=O) groups is 1. The average molecular weight is 267 g/mol. The van der Waals surface area contributed by atoms with E-state index in [9.17, 15) is 9.90 Å². The SMILES string of the molecule is Cc1ccc(Oc2ccc(C#N)cc2C=O)cc1CO. The molecule has 0 amide bonds. The van der Waals surface area contributed by atoms with Crippen molar-refractivity contribution in [2.45, 2.75) is 13.5 Å². The highest BCUT2D eigenvalue weighted by atomic mass is 16.5. The largest absolute Gasteiger partial charge is 0.457 e. The molecule has 0 bridgehead atoms. The lowest BCUT2D eigenvalue weighted by Gasteiger charge is -2.10. The number of nitriles is 1. The Morgan fingerprint density at radius 2 is 2.10 bits per heavy atom. The zero-order valence-corrected chi connectivity index (χ0v) is 11.0. The Balaban J connectivity index is 2.35. The summed E-state index contributed by atoms with van der Waals surface area (Å²) >= 11 is 0. The maximum Gasteiger partial charge on any atom is 0.153 e. The molecule has 0 aromatic heterocycles. The van der Waals surface area contributed by atoms with Crippen LogP contribution in [0, 0.1) is 18.3 Å². The van der Waals surface area contributed by atoms with E-state index in [0.29, 0.717) is 28.9 Å². The lowest BCUT2D eigenvalue weighted by atomic mass is 10.1. The summed E-state index contributed by atoms with van der Waals surface area (Å²) in [5.41, 5.74) is 2.45. The summed E-state index contributed by atoms with van der Waals surface area (Å²) in [5, 5.41) is 18.0. The molecule has 0 saturated heterocycles. The number of hydrogen-bond donors (Lipinski definition) is 1. The average Bonchev–Trinajstić information content (AvgIpc) is 2.49. The van der Waals surface area contributed by atoms with E-state index in [1.165, 1.54) is 6.07 Å². The number of benzene rings is 2. The van der Waals surface area contributed by atoms with E-state index < -0.39 is 0 Å². The summed E-state index contributed by atoms with van der Waals surface area (Å²) in [5.74, 6) is 0.916. The summed E-state index contributed by atoms with van der Waals surface area (Å²) < 4.78 is 5.65. The first-order chi connectivity index (χ1) is 9.67. The quantitative estimate of drug-likeness (QED) is 0.864. The van der Waals surface area contributed by atoms with Crippen molar-refractivity contribution >= 4 is 6.29 Å². The number of nitrogens with zero attached hydrogens (tertiary/aromatic N) is 1. The molecule has 0 unspecified atom stereocenters. The lowest BCUT2D eigenvalue weighted by Crippen LogP contribution is -1.94. The minimum atomic E-state index is -0.0725. The van der Waals surface area contributed by atoms with Gasteiger partial charge in [-0.25, -0.2) is 0 Å². The number of aliphatic hydroxyl groups excluding tert-OH is 1. The van der Waals surface area contributed by atoms with Crippen molar-refractivity contribution in [2.75, 3.05) is 0 Å². The smallest absolute Gasteiger partial charge is 0.153 e. The van der Waals surface area contributed by atoms with E-state index in [0.717, 1.165) is 11.1 Å². The molecule has 0 spiro atoms. The molecule has 2 aromatic rings. The van der Waals surface area contributed by atoms with Crippen LogP contribution in [0.4, 0.5) is 0 Å². The maximum absolute atomic E-state index is 11.0. The van der Waals surface area contributed by atoms with Gasteiger partial charge in [-0.3, -0.25) is 4.79 Å². The number of aldehydes is 1. The van der Waals surface area contributed by atoms with Gasteiger partial charge in [0.15, 0.2) is 6.29 Å². The van der Waals surface area contributed by atoms with Crippen LogP contribution in [0.2, 0.25) is 0 Å². The highest BCUT2D eigenvalue weighted by Gasteiger charge is 2.07. The number of hydrogen-bond acceptors (Lipinski definition) is 4. The number of rotatable bonds is 4. The minimum absolute atomic E-state index is 0.0725. The molecule has 0 radical (unpaired) electrons. The van der Waals surface area contributed by atoms with Crippen LogP contribution in [-0.4, -0.2) is 11.4 Å². The van der Waals surface area contributed by atoms with E-state index in [-0.39, 0.29) is 6.61 Å². The van der Waals surface area contributed by atoms with E-state index in [4.69, 9.17) is 10.00 Å². The van der Waals surface area contributed by atoms with Crippen LogP contribution in [0.15, 0.2) is 36.4 Å². The van der Waals surface area contributed by atoms with Crippen LogP contribution in [0.25, 0.3) is 0 Å². The van der Waals surface area contributed by atoms with Gasteiger partial charge < -0.3 is 9.84 Å². The standard InChI is InChI=1S/C16H13NO3/c1-11-2-4-15(7-13(11)9-18)20-16-5-3-12(8-17)6-14(16)10-19/h2-7,10,18H,9H2,1H3. The zero-order chi connectivity index (χ0) is 14.5. The molecule has 0 aliphatic heterocycles. The van der Waals surface area contributed by atoms with Gasteiger partial charge in [0, 0.05) is 0 Å². The van der Waals surface area contributed by atoms with Gasteiger partial charge in [0.1, 0.15) is 11.5 Å². The van der Waals surface area contributed by atoms with Gasteiger partial charge in [0.05, 0.1) is 23.8 Å². The summed E-state index contributed by atoms with van der Waals surface area (Å²) in [4.78, 5) is 11.0. The Morgan fingerprint density at radius 3 is 2.75 bits per heavy atom. The molecule has 0 heterocycles. The van der Waals surface area contributed by atoms with Gasteiger partial charge in [-0.15, -0.1) is 0 Å². The van der Waals surface area contributed by atoms with Crippen molar-refractivity contribution in [1.82, 2.24) is 0 Å². The van der Waals surface area contributed by atoms with Gasteiger partial charge in [0.25, 0.3) is 0 Å². The molecule has 0 fully saturated rings. The van der Waals surface area contributed by atoms with Crippen molar-refractivity contribution in [1.29, 1.82) is 5.26 Å². The van der Waals surface area contributed by atoms with Gasteiger partial charge in [-0.1, -0.05) is 6.07 Å². The molecule has 0 aliphatic carbocycles. The Hall–Kier alpha value is -2.64. The van der Waals surface area contributed by atoms with E-state index in [1.807, 2.05) is 19.1 Å². The van der Waals surface area contributed by atoms with E-state index in [1.54, 1.807) is 24.3 Å². The van der Waals surface area contributed by atoms with Crippen molar-refractivity contribution in [3.05, 3.63) is 58.7 Å². The molecule has 0 saturated carbocycles. The van der Waals surface area contributed by atoms with Gasteiger partial charge in [-0.2, -0.15) is 5.26 Å². The highest BCUT2D eigenvalue weighted by molar-refractivity contribution is 5.80. The third-order valence-corrected chi connectivity index (χ3v) is 2.98. The van der Waals surface area contributed by atoms with Gasteiger partial charge in [0.2, 0.25) is 0 Å². The highest BCUT2D eigenvalue weighted by Crippen LogP contribution is 2.27. The normalized spacial score (nSPS) is 9.85. The molecule has 20 heavy (non-hydrogen) atoms. The second-order valence-electron chi connectivity index (χ2n) is 4.33. The van der Waals surface area contributed by atoms with Crippen molar-refractivity contribution < 1.29 is 14.6 Å². The maximum atomic E-state index is 11.0. The van der Waals surface area contributed by atoms with Crippen LogP contribution in [-0.2, 0) is 6.61 Å². The van der Waals surface area contributed by atoms with E-state index in [2.05, 4.69) is 0 Å². The minimum Gasteiger partial charge on any atom is -0.457 e. The second kappa shape index (κ2) is 6.00. The van der Waals surface area contributed by atoms with Crippen LogP contribution in [0.3, 0.4) is 0 Å². The molecule has 2 rings (SSSR count). The second-order valence-corrected chi connectivity index (χ2v) is 4.33. The number of carbonyl (C=O) groups excluding carboxylic acids is 1. The Morgan fingerprint density at radius 1 is 1.30 bits per heavy atom. The predicted molar refractivity (Wildman–Crippen MR) is 73.7 cm³/mol. The summed E-state index contributed by atoms with van der Waals surface area (Å²) in [6.07, 6.45) is 0.650. The summed E-state index contributed by atoms with van der Waals surface area (Å²) in [7, 11) is 0. The summed E-state index contributed by atoms with van der Waals surface area (Å²) in [6, 6.07) is 11.9. The van der Waals surface area contributed by atoms with Crippen LogP contribution >= 0.6 is 0 Å². The van der Waals surface area contributed by atoms with E-state index >= 15 is 0 Å². The first-order valence-corrected chi connectivity index (χ1v) is 6.05. The molecule has 1 N–H and O–H groups in total. The first-order valence-electron chi connectivity index (χ1n) is 6.05. The predicted octanol–water partition coefficient (Wildman–Crippen LogP) is 2.96. The molecule has 0 aliphatic rings. The molecular weight excluding hydrogens is 254 g/mol. The number of aliphatic hydroxyl groups is 1. The fourth-order valence-electron chi connectivity index (χ4n) is 1.81. The number of aryl methyl sites for hydroxylation is 1. The van der Waals surface area contributed by atoms with Crippen molar-refractivity contribution in [3.8, 4) is 17.6 Å². The topological polar surface area (TPSA) is 70.3 Å². The fourth-order valence-corrected chi connectivity index (χ4v) is 1.81. The summed E-state index contributed by atoms with van der Waals surface area (Å²) in [6.45, 7) is 1.82. The first kappa shape index (κ1) is 13.8. The Kier molecular flexibility index (Phi) is 4.14. The molecule has 4 heteroatoms.